The molecule has 0 unspecified atom stereocenters. The lowest BCUT2D eigenvalue weighted by Crippen LogP contribution is -2.21. The molecule has 1 fully saturated rings. The maximum atomic E-state index is 4.51. The molecule has 1 N–H and O–H groups in total. The second kappa shape index (κ2) is 5.88. The molecule has 1 saturated carbocycles. The predicted octanol–water partition coefficient (Wildman–Crippen LogP) is 3.91. The zero-order valence-electron chi connectivity index (χ0n) is 10.2. The fourth-order valence-corrected chi connectivity index (χ4v) is 2.43. The zero-order valence-corrected chi connectivity index (χ0v) is 10.2. The van der Waals surface area contributed by atoms with Gasteiger partial charge in [-0.15, -0.1) is 0 Å². The van der Waals surface area contributed by atoms with Crippen molar-refractivity contribution in [3.63, 3.8) is 0 Å². The first-order valence-electron chi connectivity index (χ1n) is 6.55. The topological polar surface area (TPSA) is 24.9 Å². The number of anilines is 1. The van der Waals surface area contributed by atoms with Crippen LogP contribution in [-0.4, -0.2) is 11.0 Å². The minimum atomic E-state index is 0.634. The van der Waals surface area contributed by atoms with Gasteiger partial charge in [-0.05, 0) is 31.9 Å². The normalized spacial score (nSPS) is 18.8. The molecular weight excluding hydrogens is 196 g/mol. The van der Waals surface area contributed by atoms with E-state index in [-0.39, 0.29) is 0 Å². The van der Waals surface area contributed by atoms with Crippen molar-refractivity contribution in [3.05, 3.63) is 23.9 Å². The van der Waals surface area contributed by atoms with Gasteiger partial charge in [0.15, 0.2) is 0 Å². The van der Waals surface area contributed by atoms with Gasteiger partial charge in [0.1, 0.15) is 5.82 Å². The van der Waals surface area contributed by atoms with Crippen LogP contribution < -0.4 is 5.32 Å². The Morgan fingerprint density at radius 1 is 1.06 bits per heavy atom. The first kappa shape index (κ1) is 11.4. The Kier molecular flexibility index (Phi) is 4.20. The van der Waals surface area contributed by atoms with E-state index in [2.05, 4.69) is 22.4 Å². The Hall–Kier alpha value is -1.05. The summed E-state index contributed by atoms with van der Waals surface area (Å²) in [5, 5.41) is 3.58. The van der Waals surface area contributed by atoms with Crippen molar-refractivity contribution in [1.29, 1.82) is 0 Å². The average Bonchev–Trinajstić information content (AvgIpc) is 2.22. The van der Waals surface area contributed by atoms with Gasteiger partial charge in [0.05, 0.1) is 0 Å². The number of rotatable bonds is 2. The Labute approximate surface area is 98.5 Å². The highest BCUT2D eigenvalue weighted by atomic mass is 15.0. The molecule has 0 bridgehead atoms. The Morgan fingerprint density at radius 3 is 2.44 bits per heavy atom. The Bertz CT molecular complexity index is 314. The molecule has 0 aliphatic heterocycles. The van der Waals surface area contributed by atoms with Crippen LogP contribution in [0.5, 0.6) is 0 Å². The highest BCUT2D eigenvalue weighted by molar-refractivity contribution is 5.36. The van der Waals surface area contributed by atoms with Crippen LogP contribution in [0.2, 0.25) is 0 Å². The molecule has 16 heavy (non-hydrogen) atoms. The van der Waals surface area contributed by atoms with E-state index in [0.29, 0.717) is 6.04 Å². The van der Waals surface area contributed by atoms with Crippen molar-refractivity contribution in [2.75, 3.05) is 5.32 Å². The van der Waals surface area contributed by atoms with Gasteiger partial charge < -0.3 is 5.32 Å². The lowest BCUT2D eigenvalue weighted by atomic mass is 9.97. The smallest absolute Gasteiger partial charge is 0.126 e. The number of aryl methyl sites for hydroxylation is 1. The molecule has 0 spiro atoms. The van der Waals surface area contributed by atoms with E-state index in [4.69, 9.17) is 0 Å². The van der Waals surface area contributed by atoms with Crippen LogP contribution in [0, 0.1) is 6.92 Å². The fourth-order valence-electron chi connectivity index (χ4n) is 2.43. The highest BCUT2D eigenvalue weighted by Gasteiger charge is 2.11. The largest absolute Gasteiger partial charge is 0.367 e. The molecule has 0 aromatic carbocycles. The molecule has 1 aliphatic rings. The van der Waals surface area contributed by atoms with Crippen molar-refractivity contribution >= 4 is 5.82 Å². The number of nitrogens with zero attached hydrogens (tertiary/aromatic N) is 1. The van der Waals surface area contributed by atoms with Crippen molar-refractivity contribution in [1.82, 2.24) is 4.98 Å². The highest BCUT2D eigenvalue weighted by Crippen LogP contribution is 2.19. The molecule has 1 aromatic heterocycles. The summed E-state index contributed by atoms with van der Waals surface area (Å²) in [6.45, 7) is 2.04. The minimum Gasteiger partial charge on any atom is -0.367 e. The number of pyridine rings is 1. The van der Waals surface area contributed by atoms with Crippen molar-refractivity contribution in [2.24, 2.45) is 0 Å². The summed E-state index contributed by atoms with van der Waals surface area (Å²) >= 11 is 0. The van der Waals surface area contributed by atoms with Crippen LogP contribution in [-0.2, 0) is 0 Å². The molecule has 1 aromatic rings. The third kappa shape index (κ3) is 3.51. The van der Waals surface area contributed by atoms with E-state index in [1.165, 1.54) is 44.9 Å². The van der Waals surface area contributed by atoms with Crippen LogP contribution in [0.4, 0.5) is 5.82 Å². The van der Waals surface area contributed by atoms with Gasteiger partial charge >= 0.3 is 0 Å². The van der Waals surface area contributed by atoms with E-state index < -0.39 is 0 Å². The number of hydrogen-bond acceptors (Lipinski definition) is 2. The van der Waals surface area contributed by atoms with Crippen molar-refractivity contribution < 1.29 is 0 Å². The van der Waals surface area contributed by atoms with E-state index in [9.17, 15) is 0 Å². The van der Waals surface area contributed by atoms with Crippen molar-refractivity contribution in [3.8, 4) is 0 Å². The number of aromatic nitrogens is 1. The molecule has 2 nitrogen and oxygen atoms in total. The molecule has 1 aliphatic carbocycles. The first-order chi connectivity index (χ1) is 7.84. The van der Waals surface area contributed by atoms with Gasteiger partial charge in [0.25, 0.3) is 0 Å². The maximum absolute atomic E-state index is 4.51. The summed E-state index contributed by atoms with van der Waals surface area (Å²) in [6.07, 6.45) is 9.56. The summed E-state index contributed by atoms with van der Waals surface area (Å²) in [4.78, 5) is 4.51. The summed E-state index contributed by atoms with van der Waals surface area (Å²) in [6, 6.07) is 6.83. The Balaban J connectivity index is 1.91. The molecule has 88 valence electrons. The van der Waals surface area contributed by atoms with E-state index in [1.807, 2.05) is 13.0 Å². The summed E-state index contributed by atoms with van der Waals surface area (Å²) < 4.78 is 0. The molecule has 0 atom stereocenters. The predicted molar refractivity (Wildman–Crippen MR) is 68.7 cm³/mol. The third-order valence-corrected chi connectivity index (χ3v) is 3.35. The van der Waals surface area contributed by atoms with Crippen LogP contribution in [0.1, 0.15) is 50.6 Å². The average molecular weight is 218 g/mol. The standard InChI is InChI=1S/C14H22N2/c1-12-8-7-11-14(15-12)16-13-9-5-3-2-4-6-10-13/h7-8,11,13H,2-6,9-10H2,1H3,(H,15,16). The molecule has 0 amide bonds. The summed E-state index contributed by atoms with van der Waals surface area (Å²) in [7, 11) is 0. The lowest BCUT2D eigenvalue weighted by Gasteiger charge is -2.21. The quantitative estimate of drug-likeness (QED) is 0.814. The van der Waals surface area contributed by atoms with E-state index >= 15 is 0 Å². The summed E-state index contributed by atoms with van der Waals surface area (Å²) in [5.74, 6) is 1.05. The van der Waals surface area contributed by atoms with Gasteiger partial charge in [-0.2, -0.15) is 0 Å². The molecule has 1 heterocycles. The summed E-state index contributed by atoms with van der Waals surface area (Å²) in [5.41, 5.74) is 1.09. The van der Waals surface area contributed by atoms with Crippen LogP contribution in [0.15, 0.2) is 18.2 Å². The van der Waals surface area contributed by atoms with E-state index in [0.717, 1.165) is 11.5 Å². The third-order valence-electron chi connectivity index (χ3n) is 3.35. The second-order valence-corrected chi connectivity index (χ2v) is 4.85. The molecule has 0 radical (unpaired) electrons. The maximum Gasteiger partial charge on any atom is 0.126 e. The monoisotopic (exact) mass is 218 g/mol. The second-order valence-electron chi connectivity index (χ2n) is 4.85. The number of hydrogen-bond donors (Lipinski definition) is 1. The fraction of sp³-hybridized carbons (Fsp3) is 0.643. The van der Waals surface area contributed by atoms with Crippen LogP contribution in [0.25, 0.3) is 0 Å². The van der Waals surface area contributed by atoms with Gasteiger partial charge in [-0.1, -0.05) is 38.2 Å². The molecule has 0 saturated heterocycles. The van der Waals surface area contributed by atoms with Gasteiger partial charge in [-0.25, -0.2) is 4.98 Å². The molecular formula is C14H22N2. The number of nitrogens with one attached hydrogen (secondary N) is 1. The minimum absolute atomic E-state index is 0.634. The first-order valence-corrected chi connectivity index (χ1v) is 6.55. The molecule has 2 rings (SSSR count). The SMILES string of the molecule is Cc1cccc(NC2CCCCCCC2)n1. The lowest BCUT2D eigenvalue weighted by molar-refractivity contribution is 0.470. The van der Waals surface area contributed by atoms with Gasteiger partial charge in [0, 0.05) is 11.7 Å². The van der Waals surface area contributed by atoms with Gasteiger partial charge in [-0.3, -0.25) is 0 Å². The van der Waals surface area contributed by atoms with Crippen LogP contribution >= 0.6 is 0 Å². The molecule has 2 heteroatoms. The van der Waals surface area contributed by atoms with Gasteiger partial charge in [0.2, 0.25) is 0 Å². The zero-order chi connectivity index (χ0) is 11.2. The van der Waals surface area contributed by atoms with E-state index in [1.54, 1.807) is 0 Å². The van der Waals surface area contributed by atoms with Crippen molar-refractivity contribution in [2.45, 2.75) is 57.9 Å². The Morgan fingerprint density at radius 2 is 1.75 bits per heavy atom. The van der Waals surface area contributed by atoms with Crippen LogP contribution in [0.3, 0.4) is 0 Å².